The minimum atomic E-state index is 0.265. The molecule has 11 heavy (non-hydrogen) atoms. The predicted octanol–water partition coefficient (Wildman–Crippen LogP) is 0.520. The monoisotopic (exact) mass is 158 g/mol. The highest BCUT2D eigenvalue weighted by Gasteiger charge is 2.35. The molecule has 2 aliphatic rings. The van der Waals surface area contributed by atoms with Crippen LogP contribution in [-0.2, 0) is 9.47 Å². The van der Waals surface area contributed by atoms with E-state index >= 15 is 0 Å². The molecule has 0 aromatic heterocycles. The van der Waals surface area contributed by atoms with Gasteiger partial charge in [0.25, 0.3) is 0 Å². The number of hydrogen-bond donors (Lipinski definition) is 1. The van der Waals surface area contributed by atoms with Crippen LogP contribution < -0.4 is 0 Å². The molecule has 2 fully saturated rings. The fourth-order valence-corrected chi connectivity index (χ4v) is 1.93. The zero-order valence-electron chi connectivity index (χ0n) is 6.53. The molecule has 3 heteroatoms. The third-order valence-electron chi connectivity index (χ3n) is 2.66. The van der Waals surface area contributed by atoms with Crippen LogP contribution in [-0.4, -0.2) is 30.7 Å². The van der Waals surface area contributed by atoms with Crippen LogP contribution in [0.3, 0.4) is 0 Å². The van der Waals surface area contributed by atoms with Crippen LogP contribution in [0.1, 0.15) is 19.3 Å². The first-order valence-electron chi connectivity index (χ1n) is 4.24. The van der Waals surface area contributed by atoms with Crippen molar-refractivity contribution in [3.05, 3.63) is 0 Å². The first-order valence-corrected chi connectivity index (χ1v) is 4.24. The summed E-state index contributed by atoms with van der Waals surface area (Å²) in [4.78, 5) is 0. The molecular formula is C8H14O3. The molecule has 1 heterocycles. The number of aliphatic hydroxyl groups excluding tert-OH is 1. The number of ether oxygens (including phenoxy) is 2. The summed E-state index contributed by atoms with van der Waals surface area (Å²) in [7, 11) is 0. The Bertz CT molecular complexity index is 137. The van der Waals surface area contributed by atoms with E-state index in [0.717, 1.165) is 19.3 Å². The summed E-state index contributed by atoms with van der Waals surface area (Å²) >= 11 is 0. The van der Waals surface area contributed by atoms with Gasteiger partial charge in [0.1, 0.15) is 6.79 Å². The van der Waals surface area contributed by atoms with E-state index in [-0.39, 0.29) is 6.10 Å². The zero-order valence-corrected chi connectivity index (χ0v) is 6.53. The standard InChI is InChI=1S/C8H14O3/c9-4-6-1-2-7-8(3-6)11-5-10-7/h6-9H,1-5H2. The Balaban J connectivity index is 1.91. The molecule has 0 spiro atoms. The maximum Gasteiger partial charge on any atom is 0.147 e. The molecule has 1 N–H and O–H groups in total. The van der Waals surface area contributed by atoms with Crippen molar-refractivity contribution in [1.82, 2.24) is 0 Å². The van der Waals surface area contributed by atoms with E-state index in [4.69, 9.17) is 14.6 Å². The molecule has 1 aliphatic heterocycles. The Hall–Kier alpha value is -0.120. The van der Waals surface area contributed by atoms with Gasteiger partial charge in [-0.2, -0.15) is 0 Å². The van der Waals surface area contributed by atoms with Crippen molar-refractivity contribution in [3.8, 4) is 0 Å². The summed E-state index contributed by atoms with van der Waals surface area (Å²) in [5.41, 5.74) is 0. The van der Waals surface area contributed by atoms with Crippen molar-refractivity contribution in [2.45, 2.75) is 31.5 Å². The Morgan fingerprint density at radius 3 is 2.82 bits per heavy atom. The lowest BCUT2D eigenvalue weighted by molar-refractivity contribution is 0.0373. The second-order valence-electron chi connectivity index (χ2n) is 3.39. The van der Waals surface area contributed by atoms with Crippen LogP contribution in [0.15, 0.2) is 0 Å². The van der Waals surface area contributed by atoms with Crippen molar-refractivity contribution in [2.75, 3.05) is 13.4 Å². The highest BCUT2D eigenvalue weighted by Crippen LogP contribution is 2.31. The molecule has 1 saturated carbocycles. The second-order valence-corrected chi connectivity index (χ2v) is 3.39. The molecule has 2 rings (SSSR count). The highest BCUT2D eigenvalue weighted by atomic mass is 16.7. The molecule has 64 valence electrons. The van der Waals surface area contributed by atoms with Gasteiger partial charge in [0.2, 0.25) is 0 Å². The van der Waals surface area contributed by atoms with E-state index in [1.165, 1.54) is 0 Å². The van der Waals surface area contributed by atoms with Gasteiger partial charge in [-0.15, -0.1) is 0 Å². The predicted molar refractivity (Wildman–Crippen MR) is 39.0 cm³/mol. The second kappa shape index (κ2) is 3.09. The SMILES string of the molecule is OCC1CCC2OCOC2C1. The highest BCUT2D eigenvalue weighted by molar-refractivity contribution is 4.83. The van der Waals surface area contributed by atoms with Crippen molar-refractivity contribution >= 4 is 0 Å². The molecular weight excluding hydrogens is 144 g/mol. The molecule has 3 atom stereocenters. The Morgan fingerprint density at radius 2 is 2.00 bits per heavy atom. The topological polar surface area (TPSA) is 38.7 Å². The molecule has 1 saturated heterocycles. The van der Waals surface area contributed by atoms with E-state index in [1.54, 1.807) is 0 Å². The van der Waals surface area contributed by atoms with Gasteiger partial charge < -0.3 is 14.6 Å². The molecule has 0 aromatic carbocycles. The normalized spacial score (nSPS) is 43.9. The van der Waals surface area contributed by atoms with Gasteiger partial charge in [0.15, 0.2) is 0 Å². The van der Waals surface area contributed by atoms with Crippen LogP contribution in [0.2, 0.25) is 0 Å². The third-order valence-corrected chi connectivity index (χ3v) is 2.66. The molecule has 3 unspecified atom stereocenters. The van der Waals surface area contributed by atoms with Gasteiger partial charge in [-0.1, -0.05) is 0 Å². The Labute approximate surface area is 66.3 Å². The first kappa shape index (κ1) is 7.53. The maximum atomic E-state index is 8.91. The van der Waals surface area contributed by atoms with E-state index in [9.17, 15) is 0 Å². The average molecular weight is 158 g/mol. The largest absolute Gasteiger partial charge is 0.396 e. The van der Waals surface area contributed by atoms with Crippen LogP contribution in [0.25, 0.3) is 0 Å². The van der Waals surface area contributed by atoms with Gasteiger partial charge >= 0.3 is 0 Å². The molecule has 3 nitrogen and oxygen atoms in total. The molecule has 0 aromatic rings. The summed E-state index contributed by atoms with van der Waals surface area (Å²) in [5, 5.41) is 8.91. The van der Waals surface area contributed by atoms with Gasteiger partial charge in [-0.3, -0.25) is 0 Å². The van der Waals surface area contributed by atoms with Crippen LogP contribution in [0, 0.1) is 5.92 Å². The van der Waals surface area contributed by atoms with Crippen LogP contribution in [0.4, 0.5) is 0 Å². The molecule has 0 amide bonds. The van der Waals surface area contributed by atoms with Crippen molar-refractivity contribution in [2.24, 2.45) is 5.92 Å². The Morgan fingerprint density at radius 1 is 1.18 bits per heavy atom. The van der Waals surface area contributed by atoms with Crippen LogP contribution >= 0.6 is 0 Å². The fraction of sp³-hybridized carbons (Fsp3) is 1.00. The molecule has 0 radical (unpaired) electrons. The van der Waals surface area contributed by atoms with Gasteiger partial charge in [-0.25, -0.2) is 0 Å². The summed E-state index contributed by atoms with van der Waals surface area (Å²) in [5.74, 6) is 0.443. The maximum absolute atomic E-state index is 8.91. The van der Waals surface area contributed by atoms with E-state index in [1.807, 2.05) is 0 Å². The number of hydrogen-bond acceptors (Lipinski definition) is 3. The lowest BCUT2D eigenvalue weighted by Gasteiger charge is -2.27. The molecule has 0 bridgehead atoms. The number of aliphatic hydroxyl groups is 1. The average Bonchev–Trinajstić information content (AvgIpc) is 2.50. The van der Waals surface area contributed by atoms with Crippen molar-refractivity contribution < 1.29 is 14.6 Å². The quantitative estimate of drug-likeness (QED) is 0.604. The van der Waals surface area contributed by atoms with Crippen LogP contribution in [0.5, 0.6) is 0 Å². The first-order chi connectivity index (χ1) is 5.40. The lowest BCUT2D eigenvalue weighted by atomic mass is 9.86. The Kier molecular flexibility index (Phi) is 2.11. The van der Waals surface area contributed by atoms with E-state index in [2.05, 4.69) is 0 Å². The minimum Gasteiger partial charge on any atom is -0.396 e. The third kappa shape index (κ3) is 1.41. The minimum absolute atomic E-state index is 0.265. The van der Waals surface area contributed by atoms with Gasteiger partial charge in [-0.05, 0) is 25.2 Å². The van der Waals surface area contributed by atoms with E-state index in [0.29, 0.717) is 25.4 Å². The van der Waals surface area contributed by atoms with Crippen molar-refractivity contribution in [3.63, 3.8) is 0 Å². The van der Waals surface area contributed by atoms with Gasteiger partial charge in [0, 0.05) is 6.61 Å². The van der Waals surface area contributed by atoms with Crippen molar-refractivity contribution in [1.29, 1.82) is 0 Å². The summed E-state index contributed by atoms with van der Waals surface area (Å²) in [6.07, 6.45) is 3.69. The zero-order chi connectivity index (χ0) is 7.68. The molecule has 1 aliphatic carbocycles. The number of fused-ring (bicyclic) bond motifs is 1. The smallest absolute Gasteiger partial charge is 0.147 e. The van der Waals surface area contributed by atoms with E-state index < -0.39 is 0 Å². The fourth-order valence-electron chi connectivity index (χ4n) is 1.93. The summed E-state index contributed by atoms with van der Waals surface area (Å²) in [6, 6.07) is 0. The number of rotatable bonds is 1. The summed E-state index contributed by atoms with van der Waals surface area (Å²) in [6.45, 7) is 0.750. The summed E-state index contributed by atoms with van der Waals surface area (Å²) < 4.78 is 10.7. The lowest BCUT2D eigenvalue weighted by Crippen LogP contribution is -2.32. The van der Waals surface area contributed by atoms with Gasteiger partial charge in [0.05, 0.1) is 12.2 Å².